The molecule has 0 spiro atoms. The van der Waals surface area contributed by atoms with Crippen LogP contribution in [0, 0.1) is 5.92 Å². The number of nitrogens with zero attached hydrogens (tertiary/aromatic N) is 5. The number of fused-ring (bicyclic) bond motifs is 1. The van der Waals surface area contributed by atoms with Crippen molar-refractivity contribution in [1.29, 1.82) is 0 Å². The molecule has 4 aromatic rings. The number of carbonyl (C=O) groups is 2. The summed E-state index contributed by atoms with van der Waals surface area (Å²) in [5.41, 5.74) is 3.31. The number of hydrogen-bond acceptors (Lipinski definition) is 5. The molecule has 2 heterocycles. The maximum Gasteiger partial charge on any atom is 0.247 e. The Balaban J connectivity index is 1.64. The number of aromatic nitrogens is 4. The minimum absolute atomic E-state index is 0.0177. The van der Waals surface area contributed by atoms with Gasteiger partial charge in [0.05, 0.1) is 5.52 Å². The van der Waals surface area contributed by atoms with Crippen LogP contribution in [-0.4, -0.2) is 49.8 Å². The molecule has 0 saturated carbocycles. The predicted octanol–water partition coefficient (Wildman–Crippen LogP) is 3.80. The molecule has 8 heteroatoms. The van der Waals surface area contributed by atoms with Gasteiger partial charge in [-0.25, -0.2) is 4.68 Å². The van der Waals surface area contributed by atoms with E-state index in [1.54, 1.807) is 34.1 Å². The summed E-state index contributed by atoms with van der Waals surface area (Å²) in [5.74, 6) is 0.0511. The molecule has 4 rings (SSSR count). The third-order valence-corrected chi connectivity index (χ3v) is 6.11. The van der Waals surface area contributed by atoms with Gasteiger partial charge in [-0.2, -0.15) is 0 Å². The van der Waals surface area contributed by atoms with Gasteiger partial charge in [0.1, 0.15) is 18.1 Å². The number of benzene rings is 2. The third kappa shape index (κ3) is 6.33. The van der Waals surface area contributed by atoms with Crippen LogP contribution < -0.4 is 5.32 Å². The molecule has 186 valence electrons. The fourth-order valence-electron chi connectivity index (χ4n) is 4.14. The number of nitrogens with one attached hydrogen (secondary N) is 1. The Morgan fingerprint density at radius 1 is 0.972 bits per heavy atom. The first-order chi connectivity index (χ1) is 17.5. The molecule has 0 bridgehead atoms. The average Bonchev–Trinajstić information content (AvgIpc) is 3.30. The standard InChI is InChI=1S/C28H32N6O2/c1-21(2)12-18-30-28(36)27(23-13-16-29-17-14-23)33(19-15-22-8-4-3-5-9-22)26(35)20-34-25-11-7-6-10-24(25)31-32-34/h3-11,13-14,16-17,21,27H,12,15,18-20H2,1-2H3,(H,30,36)/t27-/m1/s1. The zero-order chi connectivity index (χ0) is 25.3. The molecule has 0 radical (unpaired) electrons. The highest BCUT2D eigenvalue weighted by Crippen LogP contribution is 2.23. The summed E-state index contributed by atoms with van der Waals surface area (Å²) in [6, 6.07) is 20.3. The first-order valence-electron chi connectivity index (χ1n) is 12.3. The van der Waals surface area contributed by atoms with E-state index in [2.05, 4.69) is 34.5 Å². The summed E-state index contributed by atoms with van der Waals surface area (Å²) in [4.78, 5) is 33.1. The number of rotatable bonds is 11. The maximum absolute atomic E-state index is 13.8. The molecule has 0 saturated heterocycles. The van der Waals surface area contributed by atoms with E-state index in [9.17, 15) is 9.59 Å². The van der Waals surface area contributed by atoms with Crippen molar-refractivity contribution in [2.24, 2.45) is 5.92 Å². The lowest BCUT2D eigenvalue weighted by Gasteiger charge is -2.31. The van der Waals surface area contributed by atoms with Gasteiger partial charge in [0.2, 0.25) is 11.8 Å². The Kier molecular flexibility index (Phi) is 8.39. The molecule has 0 unspecified atom stereocenters. The molecule has 36 heavy (non-hydrogen) atoms. The molecular weight excluding hydrogens is 452 g/mol. The molecule has 2 aromatic heterocycles. The van der Waals surface area contributed by atoms with Crippen LogP contribution in [0.4, 0.5) is 0 Å². The zero-order valence-electron chi connectivity index (χ0n) is 20.7. The Hall–Kier alpha value is -4.07. The second kappa shape index (κ2) is 12.1. The summed E-state index contributed by atoms with van der Waals surface area (Å²) < 4.78 is 1.59. The van der Waals surface area contributed by atoms with Crippen molar-refractivity contribution in [3.8, 4) is 0 Å². The Morgan fingerprint density at radius 2 is 1.69 bits per heavy atom. The molecule has 2 amide bonds. The van der Waals surface area contributed by atoms with Crippen molar-refractivity contribution in [2.45, 2.75) is 39.3 Å². The molecular formula is C28H32N6O2. The van der Waals surface area contributed by atoms with Crippen molar-refractivity contribution in [3.63, 3.8) is 0 Å². The second-order valence-electron chi connectivity index (χ2n) is 9.22. The van der Waals surface area contributed by atoms with Crippen LogP contribution >= 0.6 is 0 Å². The number of amides is 2. The van der Waals surface area contributed by atoms with Crippen molar-refractivity contribution in [1.82, 2.24) is 30.2 Å². The highest BCUT2D eigenvalue weighted by molar-refractivity contribution is 5.89. The van der Waals surface area contributed by atoms with Crippen LogP contribution in [0.25, 0.3) is 11.0 Å². The Morgan fingerprint density at radius 3 is 2.44 bits per heavy atom. The molecule has 8 nitrogen and oxygen atoms in total. The maximum atomic E-state index is 13.8. The second-order valence-corrected chi connectivity index (χ2v) is 9.22. The van der Waals surface area contributed by atoms with Crippen LogP contribution in [-0.2, 0) is 22.6 Å². The van der Waals surface area contributed by atoms with Gasteiger partial charge in [-0.1, -0.05) is 61.5 Å². The van der Waals surface area contributed by atoms with Crippen LogP contribution in [0.5, 0.6) is 0 Å². The van der Waals surface area contributed by atoms with E-state index in [4.69, 9.17) is 0 Å². The Labute approximate surface area is 211 Å². The van der Waals surface area contributed by atoms with Gasteiger partial charge >= 0.3 is 0 Å². The number of carbonyl (C=O) groups excluding carboxylic acids is 2. The average molecular weight is 485 g/mol. The topological polar surface area (TPSA) is 93.0 Å². The van der Waals surface area contributed by atoms with E-state index < -0.39 is 6.04 Å². The Bertz CT molecular complexity index is 1270. The van der Waals surface area contributed by atoms with Crippen molar-refractivity contribution in [3.05, 3.63) is 90.3 Å². The minimum Gasteiger partial charge on any atom is -0.354 e. The smallest absolute Gasteiger partial charge is 0.247 e. The summed E-state index contributed by atoms with van der Waals surface area (Å²) in [5, 5.41) is 11.4. The zero-order valence-corrected chi connectivity index (χ0v) is 20.7. The molecule has 0 aliphatic heterocycles. The number of para-hydroxylation sites is 1. The molecule has 0 aliphatic carbocycles. The van der Waals surface area contributed by atoms with Gasteiger partial charge in [-0.15, -0.1) is 5.10 Å². The molecule has 0 aliphatic rings. The van der Waals surface area contributed by atoms with E-state index in [-0.39, 0.29) is 18.4 Å². The van der Waals surface area contributed by atoms with Crippen molar-refractivity contribution >= 4 is 22.8 Å². The molecule has 2 aromatic carbocycles. The fourth-order valence-corrected chi connectivity index (χ4v) is 4.14. The molecule has 0 fully saturated rings. The number of pyridine rings is 1. The lowest BCUT2D eigenvalue weighted by Crippen LogP contribution is -2.46. The molecule has 1 N–H and O–H groups in total. The number of hydrogen-bond donors (Lipinski definition) is 1. The summed E-state index contributed by atoms with van der Waals surface area (Å²) in [7, 11) is 0. The van der Waals surface area contributed by atoms with Crippen molar-refractivity contribution < 1.29 is 9.59 Å². The van der Waals surface area contributed by atoms with Crippen LogP contribution in [0.3, 0.4) is 0 Å². The lowest BCUT2D eigenvalue weighted by atomic mass is 10.0. The van der Waals surface area contributed by atoms with E-state index in [0.717, 1.165) is 28.6 Å². The van der Waals surface area contributed by atoms with Gasteiger partial charge in [0.25, 0.3) is 0 Å². The lowest BCUT2D eigenvalue weighted by molar-refractivity contribution is -0.141. The monoisotopic (exact) mass is 484 g/mol. The van der Waals surface area contributed by atoms with Crippen LogP contribution in [0.2, 0.25) is 0 Å². The van der Waals surface area contributed by atoms with Gasteiger partial charge < -0.3 is 10.2 Å². The van der Waals surface area contributed by atoms with Crippen LogP contribution in [0.15, 0.2) is 79.1 Å². The first kappa shape index (κ1) is 25.0. The van der Waals surface area contributed by atoms with E-state index >= 15 is 0 Å². The van der Waals surface area contributed by atoms with Gasteiger partial charge in [0, 0.05) is 25.5 Å². The normalized spacial score (nSPS) is 12.0. The van der Waals surface area contributed by atoms with Gasteiger partial charge in [-0.05, 0) is 54.2 Å². The van der Waals surface area contributed by atoms with Gasteiger partial charge in [0.15, 0.2) is 0 Å². The van der Waals surface area contributed by atoms with E-state index in [1.807, 2.05) is 54.6 Å². The van der Waals surface area contributed by atoms with E-state index in [1.165, 1.54) is 0 Å². The highest BCUT2D eigenvalue weighted by atomic mass is 16.2. The summed E-state index contributed by atoms with van der Waals surface area (Å²) >= 11 is 0. The van der Waals surface area contributed by atoms with Gasteiger partial charge in [-0.3, -0.25) is 14.6 Å². The fraction of sp³-hybridized carbons (Fsp3) is 0.321. The van der Waals surface area contributed by atoms with E-state index in [0.29, 0.717) is 25.4 Å². The summed E-state index contributed by atoms with van der Waals surface area (Å²) in [6.07, 6.45) is 4.77. The summed E-state index contributed by atoms with van der Waals surface area (Å²) in [6.45, 7) is 5.14. The quantitative estimate of drug-likeness (QED) is 0.350. The highest BCUT2D eigenvalue weighted by Gasteiger charge is 2.31. The largest absolute Gasteiger partial charge is 0.354 e. The first-order valence-corrected chi connectivity index (χ1v) is 12.3. The predicted molar refractivity (Wildman–Crippen MR) is 139 cm³/mol. The van der Waals surface area contributed by atoms with Crippen molar-refractivity contribution in [2.75, 3.05) is 13.1 Å². The SMILES string of the molecule is CC(C)CCNC(=O)[C@@H](c1ccncc1)N(CCc1ccccc1)C(=O)Cn1nnc2ccccc21. The van der Waals surface area contributed by atoms with Crippen LogP contribution in [0.1, 0.15) is 37.4 Å². The molecule has 1 atom stereocenters. The third-order valence-electron chi connectivity index (χ3n) is 6.11. The minimum atomic E-state index is -0.786.